The van der Waals surface area contributed by atoms with Crippen LogP contribution >= 0.6 is 0 Å². The van der Waals surface area contributed by atoms with E-state index in [1.165, 1.54) is 5.56 Å². The van der Waals surface area contributed by atoms with E-state index in [-0.39, 0.29) is 11.9 Å². The summed E-state index contributed by atoms with van der Waals surface area (Å²) < 4.78 is 7.53. The molecule has 2 aromatic rings. The molecular weight excluding hydrogens is 340 g/mol. The van der Waals surface area contributed by atoms with Crippen molar-refractivity contribution in [1.82, 2.24) is 20.0 Å². The van der Waals surface area contributed by atoms with Crippen molar-refractivity contribution in [2.45, 2.75) is 45.9 Å². The van der Waals surface area contributed by atoms with Crippen LogP contribution in [0.2, 0.25) is 0 Å². The SMILES string of the molecule is CC(C)n1nc(C(=O)NCCCN(C)Cc2ccccc2)c2c1CCOC2. The van der Waals surface area contributed by atoms with Gasteiger partial charge in [-0.05, 0) is 39.4 Å². The molecule has 146 valence electrons. The van der Waals surface area contributed by atoms with Crippen molar-refractivity contribution in [3.8, 4) is 0 Å². The number of carbonyl (C=O) groups excluding carboxylic acids is 1. The molecular formula is C21H30N4O2. The van der Waals surface area contributed by atoms with E-state index in [0.29, 0.717) is 25.5 Å². The maximum atomic E-state index is 12.6. The van der Waals surface area contributed by atoms with Gasteiger partial charge < -0.3 is 15.0 Å². The van der Waals surface area contributed by atoms with E-state index in [1.807, 2.05) is 10.7 Å². The van der Waals surface area contributed by atoms with Gasteiger partial charge in [-0.25, -0.2) is 0 Å². The van der Waals surface area contributed by atoms with Crippen molar-refractivity contribution >= 4 is 5.91 Å². The molecule has 0 saturated heterocycles. The molecule has 3 rings (SSSR count). The Morgan fingerprint density at radius 1 is 1.33 bits per heavy atom. The van der Waals surface area contributed by atoms with Gasteiger partial charge in [-0.1, -0.05) is 30.3 Å². The Morgan fingerprint density at radius 3 is 2.85 bits per heavy atom. The van der Waals surface area contributed by atoms with Crippen LogP contribution in [0.3, 0.4) is 0 Å². The van der Waals surface area contributed by atoms with Gasteiger partial charge in [0.2, 0.25) is 0 Å². The topological polar surface area (TPSA) is 59.4 Å². The number of hydrogen-bond donors (Lipinski definition) is 1. The van der Waals surface area contributed by atoms with E-state index >= 15 is 0 Å². The highest BCUT2D eigenvalue weighted by atomic mass is 16.5. The summed E-state index contributed by atoms with van der Waals surface area (Å²) in [6, 6.07) is 10.7. The second-order valence-electron chi connectivity index (χ2n) is 7.45. The number of ether oxygens (including phenoxy) is 1. The third-order valence-corrected chi connectivity index (χ3v) is 4.85. The Bertz CT molecular complexity index is 755. The Kier molecular flexibility index (Phi) is 6.63. The summed E-state index contributed by atoms with van der Waals surface area (Å²) >= 11 is 0. The first-order valence-electron chi connectivity index (χ1n) is 9.75. The second kappa shape index (κ2) is 9.15. The zero-order chi connectivity index (χ0) is 19.2. The van der Waals surface area contributed by atoms with Crippen LogP contribution in [-0.2, 0) is 24.3 Å². The van der Waals surface area contributed by atoms with Crippen LogP contribution < -0.4 is 5.32 Å². The summed E-state index contributed by atoms with van der Waals surface area (Å²) in [5.41, 5.74) is 3.92. The van der Waals surface area contributed by atoms with Crippen LogP contribution in [0.15, 0.2) is 30.3 Å². The largest absolute Gasteiger partial charge is 0.376 e. The molecule has 0 fully saturated rings. The van der Waals surface area contributed by atoms with Gasteiger partial charge in [0, 0.05) is 36.8 Å². The number of carbonyl (C=O) groups is 1. The first-order valence-corrected chi connectivity index (χ1v) is 9.75. The van der Waals surface area contributed by atoms with Crippen LogP contribution in [0.1, 0.15) is 53.6 Å². The van der Waals surface area contributed by atoms with Crippen molar-refractivity contribution < 1.29 is 9.53 Å². The van der Waals surface area contributed by atoms with Crippen molar-refractivity contribution in [2.75, 3.05) is 26.7 Å². The van der Waals surface area contributed by atoms with Gasteiger partial charge in [0.25, 0.3) is 5.91 Å². The molecule has 27 heavy (non-hydrogen) atoms. The molecule has 1 aromatic carbocycles. The fourth-order valence-electron chi connectivity index (χ4n) is 3.48. The van der Waals surface area contributed by atoms with E-state index in [2.05, 4.69) is 60.5 Å². The first kappa shape index (κ1) is 19.6. The third-order valence-electron chi connectivity index (χ3n) is 4.85. The highest BCUT2D eigenvalue weighted by Gasteiger charge is 2.26. The van der Waals surface area contributed by atoms with Crippen molar-refractivity contribution in [1.29, 1.82) is 0 Å². The minimum atomic E-state index is -0.0955. The molecule has 0 atom stereocenters. The lowest BCUT2D eigenvalue weighted by molar-refractivity contribution is 0.0923. The Hall–Kier alpha value is -2.18. The highest BCUT2D eigenvalue weighted by Crippen LogP contribution is 2.23. The van der Waals surface area contributed by atoms with Gasteiger partial charge in [-0.15, -0.1) is 0 Å². The smallest absolute Gasteiger partial charge is 0.272 e. The average molecular weight is 370 g/mol. The molecule has 6 nitrogen and oxygen atoms in total. The predicted octanol–water partition coefficient (Wildman–Crippen LogP) is 2.79. The lowest BCUT2D eigenvalue weighted by Crippen LogP contribution is -2.29. The summed E-state index contributed by atoms with van der Waals surface area (Å²) in [5, 5.41) is 7.60. The minimum Gasteiger partial charge on any atom is -0.376 e. The zero-order valence-corrected chi connectivity index (χ0v) is 16.6. The maximum absolute atomic E-state index is 12.6. The molecule has 0 bridgehead atoms. The van der Waals surface area contributed by atoms with Crippen molar-refractivity contribution in [3.05, 3.63) is 52.8 Å². The van der Waals surface area contributed by atoms with Crippen molar-refractivity contribution in [3.63, 3.8) is 0 Å². The van der Waals surface area contributed by atoms with Crippen LogP contribution in [0.4, 0.5) is 0 Å². The lowest BCUT2D eigenvalue weighted by Gasteiger charge is -2.17. The lowest BCUT2D eigenvalue weighted by atomic mass is 10.1. The van der Waals surface area contributed by atoms with Crippen LogP contribution in [-0.4, -0.2) is 47.3 Å². The molecule has 0 unspecified atom stereocenters. The number of aromatic nitrogens is 2. The number of hydrogen-bond acceptors (Lipinski definition) is 4. The molecule has 1 aliphatic heterocycles. The summed E-state index contributed by atoms with van der Waals surface area (Å²) in [4.78, 5) is 14.9. The molecule has 2 heterocycles. The number of nitrogens with one attached hydrogen (secondary N) is 1. The Balaban J connectivity index is 1.50. The molecule has 1 aliphatic rings. The Labute approximate surface area is 161 Å². The van der Waals surface area contributed by atoms with Crippen LogP contribution in [0.5, 0.6) is 0 Å². The number of nitrogens with zero attached hydrogens (tertiary/aromatic N) is 3. The number of fused-ring (bicyclic) bond motifs is 1. The third kappa shape index (κ3) is 4.96. The van der Waals surface area contributed by atoms with E-state index in [9.17, 15) is 4.79 Å². The molecule has 0 aliphatic carbocycles. The van der Waals surface area contributed by atoms with E-state index in [1.54, 1.807) is 0 Å². The molecule has 0 spiro atoms. The predicted molar refractivity (Wildman–Crippen MR) is 106 cm³/mol. The number of amides is 1. The summed E-state index contributed by atoms with van der Waals surface area (Å²) in [6.07, 6.45) is 1.72. The van der Waals surface area contributed by atoms with Crippen LogP contribution in [0, 0.1) is 0 Å². The van der Waals surface area contributed by atoms with E-state index < -0.39 is 0 Å². The maximum Gasteiger partial charge on any atom is 0.272 e. The highest BCUT2D eigenvalue weighted by molar-refractivity contribution is 5.94. The molecule has 6 heteroatoms. The second-order valence-corrected chi connectivity index (χ2v) is 7.45. The van der Waals surface area contributed by atoms with Crippen molar-refractivity contribution in [2.24, 2.45) is 0 Å². The van der Waals surface area contributed by atoms with Gasteiger partial charge in [0.15, 0.2) is 5.69 Å². The van der Waals surface area contributed by atoms with Gasteiger partial charge in [0.05, 0.1) is 13.2 Å². The fourth-order valence-corrected chi connectivity index (χ4v) is 3.48. The monoisotopic (exact) mass is 370 g/mol. The minimum absolute atomic E-state index is 0.0955. The number of rotatable bonds is 8. The number of benzene rings is 1. The molecule has 1 N–H and O–H groups in total. The van der Waals surface area contributed by atoms with Gasteiger partial charge >= 0.3 is 0 Å². The van der Waals surface area contributed by atoms with Gasteiger partial charge in [0.1, 0.15) is 0 Å². The van der Waals surface area contributed by atoms with Gasteiger partial charge in [-0.2, -0.15) is 5.10 Å². The first-order chi connectivity index (χ1) is 13.1. The summed E-state index contributed by atoms with van der Waals surface area (Å²) in [5.74, 6) is -0.0955. The van der Waals surface area contributed by atoms with E-state index in [4.69, 9.17) is 4.74 Å². The average Bonchev–Trinajstić information content (AvgIpc) is 3.06. The zero-order valence-electron chi connectivity index (χ0n) is 16.6. The van der Waals surface area contributed by atoms with E-state index in [0.717, 1.165) is 37.2 Å². The molecule has 1 amide bonds. The molecule has 0 saturated carbocycles. The fraction of sp³-hybridized carbons (Fsp3) is 0.524. The quantitative estimate of drug-likeness (QED) is 0.726. The molecule has 1 aromatic heterocycles. The van der Waals surface area contributed by atoms with Gasteiger partial charge in [-0.3, -0.25) is 9.48 Å². The molecule has 0 radical (unpaired) electrons. The summed E-state index contributed by atoms with van der Waals surface area (Å²) in [7, 11) is 2.10. The summed E-state index contributed by atoms with van der Waals surface area (Å²) in [6.45, 7) is 7.84. The standard InChI is InChI=1S/C21H30N4O2/c1-16(2)25-19-10-13-27-15-18(19)20(23-25)21(26)22-11-7-12-24(3)14-17-8-5-4-6-9-17/h4-6,8-9,16H,7,10-15H2,1-3H3,(H,22,26). The van der Waals surface area contributed by atoms with Crippen LogP contribution in [0.25, 0.3) is 0 Å². The normalized spacial score (nSPS) is 13.8. The Morgan fingerprint density at radius 2 is 2.11 bits per heavy atom.